The van der Waals surface area contributed by atoms with Gasteiger partial charge in [-0.1, -0.05) is 6.07 Å². The molecule has 7 heteroatoms. The van der Waals surface area contributed by atoms with Crippen molar-refractivity contribution in [3.05, 3.63) is 83.7 Å². The lowest BCUT2D eigenvalue weighted by Crippen LogP contribution is -2.38. The lowest BCUT2D eigenvalue weighted by atomic mass is 9.89. The lowest BCUT2D eigenvalue weighted by Gasteiger charge is -2.34. The molecule has 0 aliphatic carbocycles. The van der Waals surface area contributed by atoms with E-state index in [1.54, 1.807) is 6.07 Å². The third kappa shape index (κ3) is 4.41. The Labute approximate surface area is 201 Å². The monoisotopic (exact) mass is 479 g/mol. The largest absolute Gasteiger partial charge is 0.301 e. The first-order chi connectivity index (χ1) is 16.8. The molecule has 1 saturated heterocycles. The van der Waals surface area contributed by atoms with Crippen molar-refractivity contribution in [2.24, 2.45) is 0 Å². The second kappa shape index (κ2) is 9.38. The van der Waals surface area contributed by atoms with Gasteiger partial charge in [-0.25, -0.2) is 17.6 Å². The van der Waals surface area contributed by atoms with Crippen molar-refractivity contribution in [1.82, 2.24) is 14.9 Å². The number of aromatic nitrogens is 2. The van der Waals surface area contributed by atoms with Crippen LogP contribution >= 0.6 is 0 Å². The van der Waals surface area contributed by atoms with E-state index in [9.17, 15) is 17.6 Å². The molecule has 180 valence electrons. The minimum Gasteiger partial charge on any atom is -0.301 e. The third-order valence-electron chi connectivity index (χ3n) is 6.85. The highest BCUT2D eigenvalue weighted by molar-refractivity contribution is 6.01. The van der Waals surface area contributed by atoms with Gasteiger partial charge < -0.3 is 4.90 Å². The van der Waals surface area contributed by atoms with E-state index in [1.165, 1.54) is 36.5 Å². The number of piperidine rings is 1. The molecule has 0 atom stereocenters. The van der Waals surface area contributed by atoms with Crippen LogP contribution in [-0.2, 0) is 0 Å². The van der Waals surface area contributed by atoms with Crippen molar-refractivity contribution < 1.29 is 17.6 Å². The first-order valence-electron chi connectivity index (χ1n) is 11.8. The number of hydrogen-bond acceptors (Lipinski definition) is 3. The summed E-state index contributed by atoms with van der Waals surface area (Å²) in [4.78, 5) is 11.5. The molecule has 35 heavy (non-hydrogen) atoms. The first-order valence-corrected chi connectivity index (χ1v) is 11.8. The van der Waals surface area contributed by atoms with Crippen molar-refractivity contribution in [1.29, 1.82) is 0 Å². The van der Waals surface area contributed by atoms with Crippen LogP contribution in [0.15, 0.2) is 54.7 Å². The van der Waals surface area contributed by atoms with Gasteiger partial charge in [0.05, 0.1) is 11.1 Å². The number of hydrogen-bond donors (Lipinski definition) is 0. The van der Waals surface area contributed by atoms with Crippen molar-refractivity contribution in [2.75, 3.05) is 13.1 Å². The standard InChI is InChI=1S/C28H25F4N3/c1-16(2)35-12-9-17(10-13-35)25-15-21(19-7-6-18(29)14-24(19)32)20-8-11-33-28(27(20)34-25)26-22(30)4-3-5-23(26)31/h3-8,11,14-17H,9-10,12-13H2,1-2H3. The average Bonchev–Trinajstić information content (AvgIpc) is 2.84. The number of rotatable bonds is 4. The highest BCUT2D eigenvalue weighted by Gasteiger charge is 2.26. The summed E-state index contributed by atoms with van der Waals surface area (Å²) in [7, 11) is 0. The van der Waals surface area contributed by atoms with Gasteiger partial charge in [0.1, 0.15) is 29.0 Å². The van der Waals surface area contributed by atoms with E-state index in [0.717, 1.165) is 32.0 Å². The molecule has 5 rings (SSSR count). The van der Waals surface area contributed by atoms with E-state index in [0.29, 0.717) is 28.2 Å². The van der Waals surface area contributed by atoms with Gasteiger partial charge in [-0.3, -0.25) is 9.97 Å². The summed E-state index contributed by atoms with van der Waals surface area (Å²) < 4.78 is 58.1. The van der Waals surface area contributed by atoms with Crippen molar-refractivity contribution >= 4 is 10.9 Å². The lowest BCUT2D eigenvalue weighted by molar-refractivity contribution is 0.171. The van der Waals surface area contributed by atoms with E-state index in [1.807, 2.05) is 6.07 Å². The Morgan fingerprint density at radius 3 is 2.23 bits per heavy atom. The Bertz CT molecular complexity index is 1370. The molecular weight excluding hydrogens is 454 g/mol. The van der Waals surface area contributed by atoms with Crippen LogP contribution in [0.4, 0.5) is 17.6 Å². The summed E-state index contributed by atoms with van der Waals surface area (Å²) in [5.41, 5.74) is 1.48. The maximum atomic E-state index is 14.9. The van der Waals surface area contributed by atoms with Gasteiger partial charge >= 0.3 is 0 Å². The molecule has 0 amide bonds. The second-order valence-corrected chi connectivity index (χ2v) is 9.28. The minimum atomic E-state index is -0.753. The first kappa shape index (κ1) is 23.4. The number of pyridine rings is 2. The number of likely N-dealkylation sites (tertiary alicyclic amines) is 1. The SMILES string of the molecule is CC(C)N1CCC(c2cc(-c3ccc(F)cc3F)c3ccnc(-c4c(F)cccc4F)c3n2)CC1. The van der Waals surface area contributed by atoms with Crippen LogP contribution in [0.2, 0.25) is 0 Å². The summed E-state index contributed by atoms with van der Waals surface area (Å²) in [5, 5.41) is 0.492. The molecule has 0 saturated carbocycles. The smallest absolute Gasteiger partial charge is 0.135 e. The van der Waals surface area contributed by atoms with Crippen LogP contribution in [0.1, 0.15) is 38.3 Å². The molecule has 0 N–H and O–H groups in total. The van der Waals surface area contributed by atoms with Gasteiger partial charge in [-0.15, -0.1) is 0 Å². The molecule has 0 spiro atoms. The maximum absolute atomic E-state index is 14.9. The molecule has 0 unspecified atom stereocenters. The molecule has 1 aliphatic rings. The van der Waals surface area contributed by atoms with Crippen LogP contribution in [0.3, 0.4) is 0 Å². The van der Waals surface area contributed by atoms with E-state index < -0.39 is 23.3 Å². The van der Waals surface area contributed by atoms with Gasteiger partial charge in [-0.2, -0.15) is 0 Å². The van der Waals surface area contributed by atoms with E-state index in [4.69, 9.17) is 4.98 Å². The molecule has 3 heterocycles. The zero-order valence-corrected chi connectivity index (χ0v) is 19.5. The quantitative estimate of drug-likeness (QED) is 0.292. The molecule has 2 aromatic carbocycles. The van der Waals surface area contributed by atoms with Gasteiger partial charge in [0.2, 0.25) is 0 Å². The number of nitrogens with zero attached hydrogens (tertiary/aromatic N) is 3. The maximum Gasteiger partial charge on any atom is 0.135 e. The summed E-state index contributed by atoms with van der Waals surface area (Å²) >= 11 is 0. The fourth-order valence-electron chi connectivity index (χ4n) is 4.93. The van der Waals surface area contributed by atoms with Gasteiger partial charge in [0, 0.05) is 40.9 Å². The predicted molar refractivity (Wildman–Crippen MR) is 129 cm³/mol. The predicted octanol–water partition coefficient (Wildman–Crippen LogP) is 7.11. The Hall–Kier alpha value is -3.32. The average molecular weight is 480 g/mol. The molecule has 0 radical (unpaired) electrons. The third-order valence-corrected chi connectivity index (χ3v) is 6.85. The van der Waals surface area contributed by atoms with Crippen molar-refractivity contribution in [3.8, 4) is 22.4 Å². The molecular formula is C28H25F4N3. The second-order valence-electron chi connectivity index (χ2n) is 9.28. The van der Waals surface area contributed by atoms with E-state index >= 15 is 0 Å². The molecule has 2 aromatic heterocycles. The fraction of sp³-hybridized carbons (Fsp3) is 0.286. The summed E-state index contributed by atoms with van der Waals surface area (Å²) in [6, 6.07) is 11.0. The fourth-order valence-corrected chi connectivity index (χ4v) is 4.93. The van der Waals surface area contributed by atoms with Gasteiger partial charge in [0.25, 0.3) is 0 Å². The number of halogens is 4. The van der Waals surface area contributed by atoms with Crippen LogP contribution in [0, 0.1) is 23.3 Å². The topological polar surface area (TPSA) is 29.0 Å². The zero-order chi connectivity index (χ0) is 24.7. The van der Waals surface area contributed by atoms with Gasteiger partial charge in [-0.05, 0) is 81.7 Å². The Morgan fingerprint density at radius 1 is 0.857 bits per heavy atom. The van der Waals surface area contributed by atoms with Crippen LogP contribution < -0.4 is 0 Å². The Kier molecular flexibility index (Phi) is 6.28. The molecule has 0 bridgehead atoms. The highest BCUT2D eigenvalue weighted by atomic mass is 19.1. The Morgan fingerprint density at radius 2 is 1.57 bits per heavy atom. The highest BCUT2D eigenvalue weighted by Crippen LogP contribution is 2.39. The normalized spacial score (nSPS) is 15.3. The van der Waals surface area contributed by atoms with Crippen molar-refractivity contribution in [2.45, 2.75) is 38.6 Å². The molecule has 4 aromatic rings. The molecule has 3 nitrogen and oxygen atoms in total. The Balaban J connectivity index is 1.74. The molecule has 1 fully saturated rings. The van der Waals surface area contributed by atoms with Crippen LogP contribution in [0.25, 0.3) is 33.3 Å². The number of benzene rings is 2. The van der Waals surface area contributed by atoms with E-state index in [-0.39, 0.29) is 22.7 Å². The van der Waals surface area contributed by atoms with Crippen molar-refractivity contribution in [3.63, 3.8) is 0 Å². The minimum absolute atomic E-state index is 0.0586. The van der Waals surface area contributed by atoms with Crippen LogP contribution in [0.5, 0.6) is 0 Å². The summed E-state index contributed by atoms with van der Waals surface area (Å²) in [6.45, 7) is 6.10. The summed E-state index contributed by atoms with van der Waals surface area (Å²) in [6.07, 6.45) is 3.13. The van der Waals surface area contributed by atoms with Crippen LogP contribution in [-0.4, -0.2) is 34.0 Å². The zero-order valence-electron chi connectivity index (χ0n) is 19.5. The molecule has 1 aliphatic heterocycles. The number of fused-ring (bicyclic) bond motifs is 1. The van der Waals surface area contributed by atoms with Gasteiger partial charge in [0.15, 0.2) is 0 Å². The van der Waals surface area contributed by atoms with E-state index in [2.05, 4.69) is 23.7 Å². The summed E-state index contributed by atoms with van der Waals surface area (Å²) in [5.74, 6) is -2.81.